The van der Waals surface area contributed by atoms with E-state index in [0.29, 0.717) is 5.75 Å². The zero-order valence-corrected chi connectivity index (χ0v) is 10.1. The highest BCUT2D eigenvalue weighted by atomic mass is 19.1. The van der Waals surface area contributed by atoms with Crippen LogP contribution in [0.25, 0.3) is 0 Å². The third kappa shape index (κ3) is 3.12. The summed E-state index contributed by atoms with van der Waals surface area (Å²) in [5.74, 6) is -1.56. The van der Waals surface area contributed by atoms with E-state index in [-0.39, 0.29) is 5.56 Å². The van der Waals surface area contributed by atoms with E-state index >= 15 is 0 Å². The fourth-order valence-electron chi connectivity index (χ4n) is 1.34. The van der Waals surface area contributed by atoms with Gasteiger partial charge < -0.3 is 4.74 Å². The van der Waals surface area contributed by atoms with Crippen molar-refractivity contribution in [2.45, 2.75) is 20.0 Å². The minimum absolute atomic E-state index is 0.144. The van der Waals surface area contributed by atoms with Gasteiger partial charge in [0, 0.05) is 11.5 Å². The molecule has 0 saturated heterocycles. The van der Waals surface area contributed by atoms with Gasteiger partial charge in [0.2, 0.25) is 12.0 Å². The molecular weight excluding hydrogens is 223 g/mol. The topological polar surface area (TPSA) is 43.4 Å². The van der Waals surface area contributed by atoms with Gasteiger partial charge in [-0.2, -0.15) is 0 Å². The monoisotopic (exact) mass is 238 g/mol. The summed E-state index contributed by atoms with van der Waals surface area (Å²) >= 11 is 0. The number of ketones is 2. The number of ether oxygens (including phenoxy) is 1. The fraction of sp³-hybridized carbons (Fsp3) is 0.385. The second-order valence-corrected chi connectivity index (χ2v) is 4.02. The Labute approximate surface area is 99.6 Å². The summed E-state index contributed by atoms with van der Waals surface area (Å²) in [4.78, 5) is 23.1. The van der Waals surface area contributed by atoms with Crippen LogP contribution in [0.4, 0.5) is 4.39 Å². The molecule has 92 valence electrons. The predicted molar refractivity (Wildman–Crippen MR) is 62.1 cm³/mol. The number of carbonyl (C=O) groups is 2. The lowest BCUT2D eigenvalue weighted by Gasteiger charge is -2.09. The maximum absolute atomic E-state index is 13.6. The Balaban J connectivity index is 2.92. The summed E-state index contributed by atoms with van der Waals surface area (Å²) in [5.41, 5.74) is 0.144. The van der Waals surface area contributed by atoms with Crippen LogP contribution in [0, 0.1) is 5.92 Å². The minimum Gasteiger partial charge on any atom is -0.497 e. The molecule has 0 aromatic heterocycles. The Hall–Kier alpha value is -1.71. The molecule has 3 nitrogen and oxygen atoms in total. The van der Waals surface area contributed by atoms with Gasteiger partial charge in [0.1, 0.15) is 5.75 Å². The van der Waals surface area contributed by atoms with Gasteiger partial charge in [0.05, 0.1) is 7.11 Å². The van der Waals surface area contributed by atoms with Crippen molar-refractivity contribution < 1.29 is 18.7 Å². The Bertz CT molecular complexity index is 426. The van der Waals surface area contributed by atoms with Crippen LogP contribution in [0.15, 0.2) is 24.3 Å². The Morgan fingerprint density at radius 1 is 1.29 bits per heavy atom. The molecule has 0 radical (unpaired) electrons. The first-order valence-electron chi connectivity index (χ1n) is 5.33. The largest absolute Gasteiger partial charge is 0.497 e. The van der Waals surface area contributed by atoms with Gasteiger partial charge >= 0.3 is 0 Å². The maximum Gasteiger partial charge on any atom is 0.221 e. The van der Waals surface area contributed by atoms with Crippen molar-refractivity contribution in [3.63, 3.8) is 0 Å². The highest BCUT2D eigenvalue weighted by Gasteiger charge is 2.28. The molecule has 0 aliphatic heterocycles. The first kappa shape index (κ1) is 13.4. The standard InChI is InChI=1S/C13H15FO3/c1-8(2)12(15)11(14)13(16)9-5-4-6-10(7-9)17-3/h4-8,11H,1-3H3. The molecule has 1 aromatic carbocycles. The van der Waals surface area contributed by atoms with E-state index < -0.39 is 23.7 Å². The first-order valence-corrected chi connectivity index (χ1v) is 5.33. The molecular formula is C13H15FO3. The van der Waals surface area contributed by atoms with E-state index in [0.717, 1.165) is 0 Å². The van der Waals surface area contributed by atoms with Crippen molar-refractivity contribution in [1.29, 1.82) is 0 Å². The van der Waals surface area contributed by atoms with E-state index in [2.05, 4.69) is 0 Å². The molecule has 0 N–H and O–H groups in total. The molecule has 0 aliphatic carbocycles. The highest BCUT2D eigenvalue weighted by molar-refractivity contribution is 6.13. The molecule has 0 heterocycles. The zero-order chi connectivity index (χ0) is 13.0. The average Bonchev–Trinajstić information content (AvgIpc) is 2.36. The summed E-state index contributed by atoms with van der Waals surface area (Å²) in [5, 5.41) is 0. The maximum atomic E-state index is 13.6. The lowest BCUT2D eigenvalue weighted by molar-refractivity contribution is -0.125. The van der Waals surface area contributed by atoms with Crippen molar-refractivity contribution in [3.8, 4) is 5.75 Å². The molecule has 0 fully saturated rings. The van der Waals surface area contributed by atoms with Crippen molar-refractivity contribution in [3.05, 3.63) is 29.8 Å². The quantitative estimate of drug-likeness (QED) is 0.584. The summed E-state index contributed by atoms with van der Waals surface area (Å²) in [6, 6.07) is 6.11. The van der Waals surface area contributed by atoms with Crippen LogP contribution in [-0.2, 0) is 4.79 Å². The lowest BCUT2D eigenvalue weighted by atomic mass is 9.98. The number of hydrogen-bond donors (Lipinski definition) is 0. The van der Waals surface area contributed by atoms with Gasteiger partial charge in [-0.05, 0) is 12.1 Å². The number of alkyl halides is 1. The SMILES string of the molecule is COc1cccc(C(=O)C(F)C(=O)C(C)C)c1. The number of benzene rings is 1. The van der Waals surface area contributed by atoms with Crippen LogP contribution >= 0.6 is 0 Å². The van der Waals surface area contributed by atoms with Gasteiger partial charge in [0.15, 0.2) is 5.78 Å². The molecule has 17 heavy (non-hydrogen) atoms. The number of rotatable bonds is 5. The van der Waals surface area contributed by atoms with Crippen LogP contribution < -0.4 is 4.74 Å². The van der Waals surface area contributed by atoms with Gasteiger partial charge in [-0.15, -0.1) is 0 Å². The van der Waals surface area contributed by atoms with Gasteiger partial charge in [-0.3, -0.25) is 9.59 Å². The normalized spacial score (nSPS) is 12.3. The summed E-state index contributed by atoms with van der Waals surface area (Å²) < 4.78 is 18.6. The number of carbonyl (C=O) groups excluding carboxylic acids is 2. The van der Waals surface area contributed by atoms with E-state index in [9.17, 15) is 14.0 Å². The lowest BCUT2D eigenvalue weighted by Crippen LogP contribution is -2.29. The number of methoxy groups -OCH3 is 1. The van der Waals surface area contributed by atoms with E-state index in [1.54, 1.807) is 26.0 Å². The highest BCUT2D eigenvalue weighted by Crippen LogP contribution is 2.16. The van der Waals surface area contributed by atoms with Crippen molar-refractivity contribution in [1.82, 2.24) is 0 Å². The van der Waals surface area contributed by atoms with Crippen molar-refractivity contribution in [2.75, 3.05) is 7.11 Å². The van der Waals surface area contributed by atoms with Gasteiger partial charge in [0.25, 0.3) is 0 Å². The molecule has 0 saturated carbocycles. The first-order chi connectivity index (χ1) is 7.97. The van der Waals surface area contributed by atoms with Crippen LogP contribution in [0.3, 0.4) is 0 Å². The van der Waals surface area contributed by atoms with Crippen LogP contribution in [0.1, 0.15) is 24.2 Å². The number of hydrogen-bond acceptors (Lipinski definition) is 3. The van der Waals surface area contributed by atoms with Crippen molar-refractivity contribution >= 4 is 11.6 Å². The number of Topliss-reactive ketones (excluding diaryl/α,β-unsaturated/α-hetero) is 2. The average molecular weight is 238 g/mol. The van der Waals surface area contributed by atoms with Gasteiger partial charge in [-0.1, -0.05) is 26.0 Å². The minimum atomic E-state index is -2.10. The molecule has 1 atom stereocenters. The fourth-order valence-corrected chi connectivity index (χ4v) is 1.34. The predicted octanol–water partition coefficient (Wildman–Crippen LogP) is 2.44. The zero-order valence-electron chi connectivity index (χ0n) is 10.1. The van der Waals surface area contributed by atoms with E-state index in [1.165, 1.54) is 19.2 Å². The van der Waals surface area contributed by atoms with E-state index in [1.807, 2.05) is 0 Å². The molecule has 0 amide bonds. The molecule has 0 bridgehead atoms. The summed E-state index contributed by atoms with van der Waals surface area (Å²) in [6.45, 7) is 3.13. The van der Waals surface area contributed by atoms with Gasteiger partial charge in [-0.25, -0.2) is 4.39 Å². The summed E-state index contributed by atoms with van der Waals surface area (Å²) in [6.07, 6.45) is -2.10. The second-order valence-electron chi connectivity index (χ2n) is 4.02. The second kappa shape index (κ2) is 5.57. The summed E-state index contributed by atoms with van der Waals surface area (Å²) in [7, 11) is 1.45. The van der Waals surface area contributed by atoms with Crippen LogP contribution in [0.5, 0.6) is 5.75 Å². The van der Waals surface area contributed by atoms with Crippen LogP contribution in [0.2, 0.25) is 0 Å². The number of halogens is 1. The molecule has 1 unspecified atom stereocenters. The molecule has 1 aromatic rings. The Kier molecular flexibility index (Phi) is 4.37. The third-order valence-corrected chi connectivity index (χ3v) is 2.40. The third-order valence-electron chi connectivity index (χ3n) is 2.40. The smallest absolute Gasteiger partial charge is 0.221 e. The van der Waals surface area contributed by atoms with E-state index in [4.69, 9.17) is 4.74 Å². The van der Waals surface area contributed by atoms with Crippen LogP contribution in [-0.4, -0.2) is 24.8 Å². The van der Waals surface area contributed by atoms with Crippen molar-refractivity contribution in [2.24, 2.45) is 5.92 Å². The Morgan fingerprint density at radius 3 is 2.47 bits per heavy atom. The molecule has 4 heteroatoms. The molecule has 0 aliphatic rings. The Morgan fingerprint density at radius 2 is 1.94 bits per heavy atom. The molecule has 1 rings (SSSR count). The molecule has 0 spiro atoms.